The number of hydrogen-bond acceptors (Lipinski definition) is 3. The largest absolute Gasteiger partial charge is 0.484 e. The van der Waals surface area contributed by atoms with Gasteiger partial charge >= 0.3 is 0 Å². The van der Waals surface area contributed by atoms with Crippen LogP contribution in [-0.4, -0.2) is 12.4 Å². The number of benzene rings is 1. The summed E-state index contributed by atoms with van der Waals surface area (Å²) in [6.45, 7) is -0.187. The fourth-order valence-electron chi connectivity index (χ4n) is 1.29. The van der Waals surface area contributed by atoms with Gasteiger partial charge in [-0.1, -0.05) is 11.6 Å². The van der Waals surface area contributed by atoms with E-state index in [9.17, 15) is 9.18 Å². The Morgan fingerprint density at radius 1 is 1.37 bits per heavy atom. The molecule has 2 nitrogen and oxygen atoms in total. The molecule has 0 aliphatic rings. The topological polar surface area (TPSA) is 26.3 Å². The fourth-order valence-corrected chi connectivity index (χ4v) is 3.30. The van der Waals surface area contributed by atoms with Crippen molar-refractivity contribution in [3.8, 4) is 5.75 Å². The maximum atomic E-state index is 13.3. The molecule has 0 aliphatic heterocycles. The number of thiophene rings is 1. The molecule has 0 spiro atoms. The maximum Gasteiger partial charge on any atom is 0.210 e. The molecule has 0 saturated heterocycles. The van der Waals surface area contributed by atoms with Crippen molar-refractivity contribution >= 4 is 60.6 Å². The Morgan fingerprint density at radius 2 is 2.11 bits per heavy atom. The van der Waals surface area contributed by atoms with E-state index in [0.29, 0.717) is 4.88 Å². The minimum absolute atomic E-state index is 0.145. The van der Waals surface area contributed by atoms with E-state index in [0.717, 1.165) is 9.85 Å². The molecule has 0 bridgehead atoms. The molecule has 100 valence electrons. The summed E-state index contributed by atoms with van der Waals surface area (Å²) in [7, 11) is 0. The lowest BCUT2D eigenvalue weighted by atomic mass is 10.3. The summed E-state index contributed by atoms with van der Waals surface area (Å²) in [5, 5.41) is 0.244. The van der Waals surface area contributed by atoms with Crippen LogP contribution in [0.3, 0.4) is 0 Å². The summed E-state index contributed by atoms with van der Waals surface area (Å²) in [4.78, 5) is 12.4. The van der Waals surface area contributed by atoms with Crippen molar-refractivity contribution in [3.63, 3.8) is 0 Å². The highest BCUT2D eigenvalue weighted by Gasteiger charge is 2.12. The average molecular weight is 429 g/mol. The summed E-state index contributed by atoms with van der Waals surface area (Å²) in [5.74, 6) is -0.535. The van der Waals surface area contributed by atoms with E-state index in [1.165, 1.54) is 17.4 Å². The van der Waals surface area contributed by atoms with Crippen molar-refractivity contribution < 1.29 is 13.9 Å². The number of halogens is 4. The number of carbonyl (C=O) groups is 1. The molecule has 1 aromatic carbocycles. The van der Waals surface area contributed by atoms with E-state index < -0.39 is 5.82 Å². The van der Waals surface area contributed by atoms with Crippen LogP contribution >= 0.6 is 54.8 Å². The predicted molar refractivity (Wildman–Crippen MR) is 81.0 cm³/mol. The number of ketones is 1. The van der Waals surface area contributed by atoms with Gasteiger partial charge in [0.2, 0.25) is 5.78 Å². The molecule has 0 atom stereocenters. The Labute approximate surface area is 134 Å². The molecule has 0 radical (unpaired) electrons. The molecule has 19 heavy (non-hydrogen) atoms. The van der Waals surface area contributed by atoms with Gasteiger partial charge in [-0.25, -0.2) is 4.39 Å². The summed E-state index contributed by atoms with van der Waals surface area (Å²) in [6, 6.07) is 6.01. The van der Waals surface area contributed by atoms with Crippen molar-refractivity contribution in [2.45, 2.75) is 0 Å². The highest BCUT2D eigenvalue weighted by atomic mass is 79.9. The molecule has 0 N–H and O–H groups in total. The van der Waals surface area contributed by atoms with Crippen LogP contribution in [0.25, 0.3) is 0 Å². The first-order chi connectivity index (χ1) is 8.97. The molecule has 0 aliphatic carbocycles. The highest BCUT2D eigenvalue weighted by molar-refractivity contribution is 9.11. The van der Waals surface area contributed by atoms with Gasteiger partial charge < -0.3 is 4.74 Å². The van der Waals surface area contributed by atoms with Gasteiger partial charge in [-0.3, -0.25) is 4.79 Å². The Hall–Kier alpha value is -0.430. The number of hydrogen-bond donors (Lipinski definition) is 0. The first-order valence-electron chi connectivity index (χ1n) is 5.03. The molecule has 2 rings (SSSR count). The summed E-state index contributed by atoms with van der Waals surface area (Å²) >= 11 is 13.5. The molecular formula is C12H6Br2ClFO2S. The molecule has 7 heteroatoms. The molecule has 1 heterocycles. The lowest BCUT2D eigenvalue weighted by Gasteiger charge is -2.07. The first-order valence-corrected chi connectivity index (χ1v) is 7.81. The van der Waals surface area contributed by atoms with Crippen LogP contribution in [-0.2, 0) is 0 Å². The summed E-state index contributed by atoms with van der Waals surface area (Å²) < 4.78 is 19.7. The lowest BCUT2D eigenvalue weighted by molar-refractivity contribution is 0.0925. The molecule has 0 saturated carbocycles. The number of Topliss-reactive ketones (excluding diaryl/α,β-unsaturated/α-hetero) is 1. The van der Waals surface area contributed by atoms with Gasteiger partial charge in [-0.2, -0.15) is 0 Å². The zero-order valence-electron chi connectivity index (χ0n) is 9.25. The minimum Gasteiger partial charge on any atom is -0.484 e. The molecule has 0 fully saturated rings. The zero-order valence-corrected chi connectivity index (χ0v) is 14.0. The quantitative estimate of drug-likeness (QED) is 0.486. The molecule has 0 amide bonds. The first kappa shape index (κ1) is 15.0. The second-order valence-corrected chi connectivity index (χ2v) is 7.24. The third-order valence-electron chi connectivity index (χ3n) is 2.18. The van der Waals surface area contributed by atoms with Crippen LogP contribution in [0.15, 0.2) is 32.5 Å². The standard InChI is InChI=1S/C12H6Br2ClFO2S/c13-6-3-7(15)10(4-8(6)16)18-5-9(17)11-1-2-12(14)19-11/h1-4H,5H2. The molecule has 2 aromatic rings. The Bertz CT molecular complexity index is 630. The maximum absolute atomic E-state index is 13.3. The Morgan fingerprint density at radius 3 is 2.74 bits per heavy atom. The van der Waals surface area contributed by atoms with E-state index in [1.807, 2.05) is 0 Å². The van der Waals surface area contributed by atoms with E-state index in [1.54, 1.807) is 12.1 Å². The smallest absolute Gasteiger partial charge is 0.210 e. The number of ether oxygens (including phenoxy) is 1. The summed E-state index contributed by atoms with van der Waals surface area (Å²) in [5.41, 5.74) is 0. The highest BCUT2D eigenvalue weighted by Crippen LogP contribution is 2.30. The van der Waals surface area contributed by atoms with E-state index in [2.05, 4.69) is 31.9 Å². The van der Waals surface area contributed by atoms with E-state index >= 15 is 0 Å². The van der Waals surface area contributed by atoms with E-state index in [4.69, 9.17) is 16.3 Å². The predicted octanol–water partition coefficient (Wildman–Crippen LogP) is 5.33. The van der Waals surface area contributed by atoms with Crippen LogP contribution < -0.4 is 4.74 Å². The number of rotatable bonds is 4. The van der Waals surface area contributed by atoms with Crippen LogP contribution in [0.1, 0.15) is 9.67 Å². The van der Waals surface area contributed by atoms with Crippen molar-refractivity contribution in [2.24, 2.45) is 0 Å². The van der Waals surface area contributed by atoms with E-state index in [-0.39, 0.29) is 27.6 Å². The molecule has 1 aromatic heterocycles. The zero-order chi connectivity index (χ0) is 14.0. The third-order valence-corrected chi connectivity index (χ3v) is 4.75. The van der Waals surface area contributed by atoms with Gasteiger partial charge in [0.15, 0.2) is 6.61 Å². The summed E-state index contributed by atoms with van der Waals surface area (Å²) in [6.07, 6.45) is 0. The minimum atomic E-state index is -0.495. The van der Waals surface area contributed by atoms with Crippen molar-refractivity contribution in [3.05, 3.63) is 48.2 Å². The van der Waals surface area contributed by atoms with Crippen LogP contribution in [0.4, 0.5) is 4.39 Å². The second-order valence-electron chi connectivity index (χ2n) is 3.51. The average Bonchev–Trinajstić information content (AvgIpc) is 2.78. The molecule has 0 unspecified atom stereocenters. The van der Waals surface area contributed by atoms with Crippen molar-refractivity contribution in [1.82, 2.24) is 0 Å². The SMILES string of the molecule is O=C(COc1cc(F)c(Br)cc1Cl)c1ccc(Br)s1. The monoisotopic (exact) mass is 426 g/mol. The van der Waals surface area contributed by atoms with Gasteiger partial charge in [0.1, 0.15) is 11.6 Å². The Balaban J connectivity index is 2.07. The Kier molecular flexibility index (Phi) is 5.00. The van der Waals surface area contributed by atoms with Gasteiger partial charge in [-0.05, 0) is 50.1 Å². The van der Waals surface area contributed by atoms with Gasteiger partial charge in [0.05, 0.1) is 18.2 Å². The van der Waals surface area contributed by atoms with Gasteiger partial charge in [0, 0.05) is 6.07 Å². The fraction of sp³-hybridized carbons (Fsp3) is 0.0833. The molecular weight excluding hydrogens is 422 g/mol. The second kappa shape index (κ2) is 6.35. The van der Waals surface area contributed by atoms with Crippen molar-refractivity contribution in [1.29, 1.82) is 0 Å². The van der Waals surface area contributed by atoms with Crippen LogP contribution in [0, 0.1) is 5.82 Å². The number of carbonyl (C=O) groups excluding carboxylic acids is 1. The van der Waals surface area contributed by atoms with Crippen molar-refractivity contribution in [2.75, 3.05) is 6.61 Å². The lowest BCUT2D eigenvalue weighted by Crippen LogP contribution is -2.10. The van der Waals surface area contributed by atoms with Gasteiger partial charge in [-0.15, -0.1) is 11.3 Å². The van der Waals surface area contributed by atoms with Crippen LogP contribution in [0.5, 0.6) is 5.75 Å². The normalized spacial score (nSPS) is 10.5. The third kappa shape index (κ3) is 3.78. The van der Waals surface area contributed by atoms with Gasteiger partial charge in [0.25, 0.3) is 0 Å². The van der Waals surface area contributed by atoms with Crippen LogP contribution in [0.2, 0.25) is 5.02 Å².